The van der Waals surface area contributed by atoms with Crippen molar-refractivity contribution in [1.82, 2.24) is 0 Å². The van der Waals surface area contributed by atoms with Crippen molar-refractivity contribution in [3.63, 3.8) is 0 Å². The molecule has 0 N–H and O–H groups in total. The molecule has 0 saturated carbocycles. The fourth-order valence-corrected chi connectivity index (χ4v) is 2.21. The minimum Gasteiger partial charge on any atom is -0.464 e. The quantitative estimate of drug-likeness (QED) is 0.581. The van der Waals surface area contributed by atoms with Gasteiger partial charge in [-0.05, 0) is 18.9 Å². The van der Waals surface area contributed by atoms with Crippen molar-refractivity contribution >= 4 is 5.97 Å². The molecule has 2 atom stereocenters. The normalized spacial score (nSPS) is 26.6. The molecule has 1 aromatic rings. The van der Waals surface area contributed by atoms with Gasteiger partial charge in [0, 0.05) is 0 Å². The van der Waals surface area contributed by atoms with E-state index in [9.17, 15) is 4.79 Å². The molecule has 0 aliphatic carbocycles. The molecule has 1 aliphatic rings. The molecular weight excluding hydrogens is 216 g/mol. The molecule has 1 aliphatic heterocycles. The van der Waals surface area contributed by atoms with Crippen molar-refractivity contribution < 1.29 is 14.3 Å². The van der Waals surface area contributed by atoms with Gasteiger partial charge in [0.05, 0.1) is 6.61 Å². The predicted octanol–water partition coefficient (Wildman–Crippen LogP) is 2.86. The van der Waals surface area contributed by atoms with E-state index in [0.717, 1.165) is 12.0 Å². The summed E-state index contributed by atoms with van der Waals surface area (Å²) in [6.07, 6.45) is 1.48. The van der Waals surface area contributed by atoms with Crippen LogP contribution >= 0.6 is 0 Å². The highest BCUT2D eigenvalue weighted by Gasteiger charge is 2.63. The fourth-order valence-electron chi connectivity index (χ4n) is 2.21. The third-order valence-electron chi connectivity index (χ3n) is 3.04. The zero-order chi connectivity index (χ0) is 12.3. The first kappa shape index (κ1) is 12.1. The summed E-state index contributed by atoms with van der Waals surface area (Å²) in [4.78, 5) is 12.0. The summed E-state index contributed by atoms with van der Waals surface area (Å²) in [6, 6.07) is 9.85. The average molecular weight is 234 g/mol. The number of rotatable bonds is 5. The lowest BCUT2D eigenvalue weighted by molar-refractivity contribution is -0.149. The molecule has 17 heavy (non-hydrogen) atoms. The van der Waals surface area contributed by atoms with Gasteiger partial charge in [0.1, 0.15) is 6.10 Å². The van der Waals surface area contributed by atoms with Gasteiger partial charge in [-0.1, -0.05) is 43.7 Å². The molecule has 0 unspecified atom stereocenters. The Labute approximate surface area is 102 Å². The van der Waals surface area contributed by atoms with E-state index in [-0.39, 0.29) is 12.1 Å². The molecule has 1 saturated heterocycles. The van der Waals surface area contributed by atoms with Crippen LogP contribution in [-0.4, -0.2) is 18.2 Å². The molecule has 92 valence electrons. The topological polar surface area (TPSA) is 38.8 Å². The molecular formula is C14H18O3. The van der Waals surface area contributed by atoms with Crippen LogP contribution in [0.5, 0.6) is 0 Å². The third kappa shape index (κ3) is 2.20. The molecule has 0 bridgehead atoms. The minimum atomic E-state index is -0.730. The largest absolute Gasteiger partial charge is 0.464 e. The van der Waals surface area contributed by atoms with Crippen LogP contribution in [0.25, 0.3) is 0 Å². The van der Waals surface area contributed by atoms with E-state index in [1.807, 2.05) is 44.2 Å². The van der Waals surface area contributed by atoms with Gasteiger partial charge >= 0.3 is 5.97 Å². The first-order valence-electron chi connectivity index (χ1n) is 6.14. The summed E-state index contributed by atoms with van der Waals surface area (Å²) in [5, 5.41) is 0. The maximum Gasteiger partial charge on any atom is 0.341 e. The second kappa shape index (κ2) is 4.88. The lowest BCUT2D eigenvalue weighted by Gasteiger charge is -2.10. The second-order valence-corrected chi connectivity index (χ2v) is 4.27. The van der Waals surface area contributed by atoms with E-state index >= 15 is 0 Å². The van der Waals surface area contributed by atoms with Crippen LogP contribution in [0.3, 0.4) is 0 Å². The number of carbonyl (C=O) groups is 1. The summed E-state index contributed by atoms with van der Waals surface area (Å²) < 4.78 is 10.8. The zero-order valence-electron chi connectivity index (χ0n) is 10.3. The number of esters is 1. The molecule has 0 radical (unpaired) electrons. The summed E-state index contributed by atoms with van der Waals surface area (Å²) in [5.41, 5.74) is 0.320. The Morgan fingerprint density at radius 1 is 1.35 bits per heavy atom. The Hall–Kier alpha value is -1.35. The van der Waals surface area contributed by atoms with E-state index in [4.69, 9.17) is 9.47 Å². The van der Waals surface area contributed by atoms with Gasteiger partial charge < -0.3 is 9.47 Å². The minimum absolute atomic E-state index is 0.136. The Morgan fingerprint density at radius 2 is 2.06 bits per heavy atom. The third-order valence-corrected chi connectivity index (χ3v) is 3.04. The van der Waals surface area contributed by atoms with Crippen LogP contribution in [0.4, 0.5) is 0 Å². The number of hydrogen-bond acceptors (Lipinski definition) is 3. The van der Waals surface area contributed by atoms with E-state index < -0.39 is 5.60 Å². The highest BCUT2D eigenvalue weighted by atomic mass is 16.7. The van der Waals surface area contributed by atoms with Crippen LogP contribution < -0.4 is 0 Å². The summed E-state index contributed by atoms with van der Waals surface area (Å²) in [5.74, 6) is -0.226. The van der Waals surface area contributed by atoms with Crippen LogP contribution in [0.1, 0.15) is 38.4 Å². The number of benzene rings is 1. The molecule has 3 nitrogen and oxygen atoms in total. The van der Waals surface area contributed by atoms with Crippen molar-refractivity contribution in [1.29, 1.82) is 0 Å². The smallest absolute Gasteiger partial charge is 0.341 e. The SMILES string of the molecule is CCC[C@@]1(C(=O)OCC)O[C@@H]1c1ccccc1. The molecule has 3 heteroatoms. The van der Waals surface area contributed by atoms with E-state index in [2.05, 4.69) is 0 Å². The van der Waals surface area contributed by atoms with Gasteiger partial charge in [0.15, 0.2) is 5.60 Å². The van der Waals surface area contributed by atoms with Crippen molar-refractivity contribution in [2.45, 2.75) is 38.4 Å². The van der Waals surface area contributed by atoms with Gasteiger partial charge in [-0.3, -0.25) is 0 Å². The lowest BCUT2D eigenvalue weighted by Crippen LogP contribution is -2.27. The Morgan fingerprint density at radius 3 is 2.65 bits per heavy atom. The first-order chi connectivity index (χ1) is 8.24. The maximum atomic E-state index is 12.0. The molecule has 2 rings (SSSR count). The number of ether oxygens (including phenoxy) is 2. The maximum absolute atomic E-state index is 12.0. The van der Waals surface area contributed by atoms with E-state index in [0.29, 0.717) is 13.0 Å². The van der Waals surface area contributed by atoms with Crippen LogP contribution in [0.2, 0.25) is 0 Å². The van der Waals surface area contributed by atoms with Crippen molar-refractivity contribution in [3.8, 4) is 0 Å². The fraction of sp³-hybridized carbons (Fsp3) is 0.500. The Balaban J connectivity index is 2.15. The summed E-state index contributed by atoms with van der Waals surface area (Å²) in [6.45, 7) is 4.26. The summed E-state index contributed by atoms with van der Waals surface area (Å²) >= 11 is 0. The second-order valence-electron chi connectivity index (χ2n) is 4.27. The van der Waals surface area contributed by atoms with Crippen LogP contribution in [0.15, 0.2) is 30.3 Å². The monoisotopic (exact) mass is 234 g/mol. The van der Waals surface area contributed by atoms with Gasteiger partial charge in [-0.25, -0.2) is 4.79 Å². The van der Waals surface area contributed by atoms with E-state index in [1.165, 1.54) is 0 Å². The Kier molecular flexibility index (Phi) is 3.48. The Bertz CT molecular complexity index is 388. The average Bonchev–Trinajstić information content (AvgIpc) is 3.07. The number of epoxide rings is 1. The van der Waals surface area contributed by atoms with Gasteiger partial charge in [0.25, 0.3) is 0 Å². The molecule has 1 aromatic carbocycles. The summed E-state index contributed by atoms with van der Waals surface area (Å²) in [7, 11) is 0. The van der Waals surface area contributed by atoms with Gasteiger partial charge in [0.2, 0.25) is 0 Å². The van der Waals surface area contributed by atoms with E-state index in [1.54, 1.807) is 0 Å². The standard InChI is InChI=1S/C14H18O3/c1-3-10-14(13(15)16-4-2)12(17-14)11-8-6-5-7-9-11/h5-9,12H,3-4,10H2,1-2H3/t12-,14-/m1/s1. The van der Waals surface area contributed by atoms with Crippen LogP contribution in [-0.2, 0) is 14.3 Å². The molecule has 0 amide bonds. The zero-order valence-corrected chi connectivity index (χ0v) is 10.3. The number of carbonyl (C=O) groups excluding carboxylic acids is 1. The first-order valence-corrected chi connectivity index (χ1v) is 6.14. The molecule has 1 fully saturated rings. The highest BCUT2D eigenvalue weighted by molar-refractivity contribution is 5.83. The van der Waals surface area contributed by atoms with Crippen molar-refractivity contribution in [2.75, 3.05) is 6.61 Å². The molecule has 1 heterocycles. The van der Waals surface area contributed by atoms with Gasteiger partial charge in [-0.15, -0.1) is 0 Å². The number of hydrogen-bond donors (Lipinski definition) is 0. The molecule has 0 aromatic heterocycles. The predicted molar refractivity (Wildman–Crippen MR) is 64.5 cm³/mol. The lowest BCUT2D eigenvalue weighted by atomic mass is 9.95. The van der Waals surface area contributed by atoms with Crippen molar-refractivity contribution in [2.24, 2.45) is 0 Å². The van der Waals surface area contributed by atoms with Crippen molar-refractivity contribution in [3.05, 3.63) is 35.9 Å². The molecule has 0 spiro atoms. The van der Waals surface area contributed by atoms with Gasteiger partial charge in [-0.2, -0.15) is 0 Å². The highest BCUT2D eigenvalue weighted by Crippen LogP contribution is 2.53. The van der Waals surface area contributed by atoms with Crippen LogP contribution in [0, 0.1) is 0 Å².